The van der Waals surface area contributed by atoms with Gasteiger partial charge in [-0.3, -0.25) is 5.21 Å². The summed E-state index contributed by atoms with van der Waals surface area (Å²) < 4.78 is 4.59. The molecule has 0 spiro atoms. The molecular weight excluding hydrogens is 138 g/mol. The van der Waals surface area contributed by atoms with Gasteiger partial charge in [-0.15, -0.1) is 0 Å². The van der Waals surface area contributed by atoms with Crippen LogP contribution in [0.2, 0.25) is 0 Å². The number of carbonyl (C=O) groups is 1. The zero-order valence-electron chi connectivity index (χ0n) is 4.94. The number of amides is 1. The normalized spacial score (nSPS) is 22.1. The van der Waals surface area contributed by atoms with Gasteiger partial charge in [0.05, 0.1) is 6.20 Å². The maximum Gasteiger partial charge on any atom is 0.433 e. The zero-order chi connectivity index (χ0) is 7.14. The summed E-state index contributed by atoms with van der Waals surface area (Å²) in [5, 5.41) is 11.1. The maximum atomic E-state index is 10.4. The number of fused-ring (bicyclic) bond motifs is 1. The van der Waals surface area contributed by atoms with Crippen LogP contribution in [0.1, 0.15) is 0 Å². The van der Waals surface area contributed by atoms with E-state index < -0.39 is 6.09 Å². The molecule has 1 fully saturated rings. The van der Waals surface area contributed by atoms with Crippen LogP contribution in [0.5, 0.6) is 0 Å². The Bertz CT molecular complexity index is 214. The largest absolute Gasteiger partial charge is 0.433 e. The van der Waals surface area contributed by atoms with Crippen LogP contribution in [0.15, 0.2) is 12.1 Å². The molecule has 54 valence electrons. The lowest BCUT2D eigenvalue weighted by Gasteiger charge is -2.10. The summed E-state index contributed by atoms with van der Waals surface area (Å²) in [4.78, 5) is 10.4. The van der Waals surface area contributed by atoms with Gasteiger partial charge < -0.3 is 4.74 Å². The first-order valence-corrected chi connectivity index (χ1v) is 2.69. The van der Waals surface area contributed by atoms with Crippen molar-refractivity contribution in [1.82, 2.24) is 15.5 Å². The summed E-state index contributed by atoms with van der Waals surface area (Å²) in [6.07, 6.45) is 0.803. The topological polar surface area (TPSA) is 65.0 Å². The van der Waals surface area contributed by atoms with E-state index in [9.17, 15) is 4.79 Å². The first-order valence-electron chi connectivity index (χ1n) is 2.69. The zero-order valence-corrected chi connectivity index (χ0v) is 4.94. The summed E-state index contributed by atoms with van der Waals surface area (Å²) >= 11 is 0. The molecule has 1 saturated heterocycles. The van der Waals surface area contributed by atoms with Crippen molar-refractivity contribution in [2.24, 2.45) is 0 Å². The van der Waals surface area contributed by atoms with Gasteiger partial charge in [0, 0.05) is 0 Å². The number of nitrogens with zero attached hydrogens (tertiary/aromatic N) is 2. The Kier molecular flexibility index (Phi) is 0.825. The molecule has 0 saturated carbocycles. The fourth-order valence-corrected chi connectivity index (χ4v) is 0.852. The van der Waals surface area contributed by atoms with Crippen molar-refractivity contribution in [3.63, 3.8) is 0 Å². The standard InChI is InChI=1S/C4H5N3O3/c8-4-5-7-2-6(9)1-3(7)10-4/h1,9H,2H2,(H,5,8). The minimum atomic E-state index is -0.514. The van der Waals surface area contributed by atoms with Gasteiger partial charge in [-0.2, -0.15) is 0 Å². The van der Waals surface area contributed by atoms with E-state index in [1.165, 1.54) is 11.2 Å². The minimum absolute atomic E-state index is 0.209. The predicted molar refractivity (Wildman–Crippen MR) is 28.0 cm³/mol. The van der Waals surface area contributed by atoms with E-state index in [0.29, 0.717) is 5.88 Å². The molecule has 0 aromatic carbocycles. The molecule has 0 bridgehead atoms. The highest BCUT2D eigenvalue weighted by molar-refractivity contribution is 5.70. The first kappa shape index (κ1) is 5.36. The summed E-state index contributed by atoms with van der Waals surface area (Å²) in [5.74, 6) is 0.326. The first-order chi connectivity index (χ1) is 4.75. The second kappa shape index (κ2) is 1.54. The van der Waals surface area contributed by atoms with E-state index in [1.807, 2.05) is 0 Å². The van der Waals surface area contributed by atoms with Crippen LogP contribution in [0.25, 0.3) is 0 Å². The molecule has 0 radical (unpaired) electrons. The van der Waals surface area contributed by atoms with Crippen LogP contribution in [-0.4, -0.2) is 28.0 Å². The van der Waals surface area contributed by atoms with Crippen molar-refractivity contribution in [2.75, 3.05) is 6.67 Å². The number of carbonyl (C=O) groups excluding carboxylic acids is 1. The van der Waals surface area contributed by atoms with Crippen molar-refractivity contribution in [3.8, 4) is 0 Å². The number of hydrogen-bond donors (Lipinski definition) is 2. The highest BCUT2D eigenvalue weighted by atomic mass is 16.6. The second-order valence-electron chi connectivity index (χ2n) is 1.98. The van der Waals surface area contributed by atoms with Crippen LogP contribution in [0.3, 0.4) is 0 Å². The quantitative estimate of drug-likeness (QED) is 0.474. The van der Waals surface area contributed by atoms with Gasteiger partial charge in [-0.25, -0.2) is 20.3 Å². The van der Waals surface area contributed by atoms with E-state index in [4.69, 9.17) is 5.21 Å². The van der Waals surface area contributed by atoms with E-state index in [0.717, 1.165) is 5.06 Å². The number of hydrogen-bond acceptors (Lipinski definition) is 5. The summed E-state index contributed by atoms with van der Waals surface area (Å²) in [6.45, 7) is 0.209. The molecule has 1 amide bonds. The Morgan fingerprint density at radius 1 is 1.80 bits per heavy atom. The Balaban J connectivity index is 2.21. The molecule has 2 N–H and O–H groups in total. The maximum absolute atomic E-state index is 10.4. The van der Waals surface area contributed by atoms with Gasteiger partial charge in [0.25, 0.3) is 0 Å². The van der Waals surface area contributed by atoms with Crippen molar-refractivity contribution in [3.05, 3.63) is 12.1 Å². The third-order valence-electron chi connectivity index (χ3n) is 1.24. The minimum Gasteiger partial charge on any atom is -0.389 e. The number of nitrogens with one attached hydrogen (secondary N) is 1. The molecule has 6 heteroatoms. The van der Waals surface area contributed by atoms with Crippen molar-refractivity contribution >= 4 is 6.09 Å². The fourth-order valence-electron chi connectivity index (χ4n) is 0.852. The van der Waals surface area contributed by atoms with Gasteiger partial charge in [-0.1, -0.05) is 0 Å². The average molecular weight is 143 g/mol. The molecule has 0 unspecified atom stereocenters. The molecule has 2 heterocycles. The monoisotopic (exact) mass is 143 g/mol. The Labute approximate surface area is 56.2 Å². The Morgan fingerprint density at radius 2 is 2.60 bits per heavy atom. The van der Waals surface area contributed by atoms with Gasteiger partial charge in [-0.05, 0) is 0 Å². The molecular formula is C4H5N3O3. The third kappa shape index (κ3) is 0.591. The average Bonchev–Trinajstić information content (AvgIpc) is 2.21. The summed E-state index contributed by atoms with van der Waals surface area (Å²) in [7, 11) is 0. The van der Waals surface area contributed by atoms with Gasteiger partial charge >= 0.3 is 6.09 Å². The molecule has 0 aromatic heterocycles. The molecule has 0 atom stereocenters. The van der Waals surface area contributed by atoms with E-state index in [2.05, 4.69) is 10.2 Å². The lowest BCUT2D eigenvalue weighted by Crippen LogP contribution is -2.34. The summed E-state index contributed by atoms with van der Waals surface area (Å²) in [5.41, 5.74) is 2.35. The Hall–Kier alpha value is -1.43. The van der Waals surface area contributed by atoms with Crippen molar-refractivity contribution in [2.45, 2.75) is 0 Å². The predicted octanol–water partition coefficient (Wildman–Crippen LogP) is -0.596. The Morgan fingerprint density at radius 3 is 3.30 bits per heavy atom. The second-order valence-corrected chi connectivity index (χ2v) is 1.98. The van der Waals surface area contributed by atoms with Crippen LogP contribution >= 0.6 is 0 Å². The van der Waals surface area contributed by atoms with Crippen LogP contribution in [0, 0.1) is 0 Å². The van der Waals surface area contributed by atoms with Crippen molar-refractivity contribution < 1.29 is 14.7 Å². The highest BCUT2D eigenvalue weighted by Gasteiger charge is 2.31. The van der Waals surface area contributed by atoms with E-state index in [1.54, 1.807) is 0 Å². The van der Waals surface area contributed by atoms with Crippen LogP contribution < -0.4 is 5.43 Å². The lowest BCUT2D eigenvalue weighted by atomic mass is 10.8. The van der Waals surface area contributed by atoms with Gasteiger partial charge in [0.15, 0.2) is 0 Å². The van der Waals surface area contributed by atoms with Gasteiger partial charge in [0.2, 0.25) is 5.88 Å². The molecule has 2 rings (SSSR count). The fraction of sp³-hybridized carbons (Fsp3) is 0.250. The molecule has 10 heavy (non-hydrogen) atoms. The summed E-state index contributed by atoms with van der Waals surface area (Å²) in [6, 6.07) is 0. The SMILES string of the molecule is O=C1NN2CN(O)C=C2O1. The van der Waals surface area contributed by atoms with E-state index >= 15 is 0 Å². The van der Waals surface area contributed by atoms with Gasteiger partial charge in [0.1, 0.15) is 6.67 Å². The number of hydrazine groups is 1. The molecule has 0 aromatic rings. The molecule has 6 nitrogen and oxygen atoms in total. The number of ether oxygens (including phenoxy) is 1. The number of hydroxylamine groups is 2. The third-order valence-corrected chi connectivity index (χ3v) is 1.24. The van der Waals surface area contributed by atoms with E-state index in [-0.39, 0.29) is 6.67 Å². The molecule has 0 aliphatic carbocycles. The van der Waals surface area contributed by atoms with Crippen LogP contribution in [-0.2, 0) is 4.74 Å². The smallest absolute Gasteiger partial charge is 0.389 e. The lowest BCUT2D eigenvalue weighted by molar-refractivity contribution is -0.0585. The highest BCUT2D eigenvalue weighted by Crippen LogP contribution is 2.17. The van der Waals surface area contributed by atoms with Crippen LogP contribution in [0.4, 0.5) is 4.79 Å². The molecule has 2 aliphatic heterocycles. The number of rotatable bonds is 0. The van der Waals surface area contributed by atoms with Crippen molar-refractivity contribution in [1.29, 1.82) is 0 Å². The molecule has 2 aliphatic rings.